The summed E-state index contributed by atoms with van der Waals surface area (Å²) in [6, 6.07) is 8.06. The molecule has 1 amide bonds. The highest BCUT2D eigenvalue weighted by Crippen LogP contribution is 2.38. The topological polar surface area (TPSA) is 93.2 Å². The number of anilines is 1. The molecule has 2 aromatic heterocycles. The van der Waals surface area contributed by atoms with E-state index in [0.29, 0.717) is 80.1 Å². The van der Waals surface area contributed by atoms with Gasteiger partial charge in [-0.05, 0) is 11.5 Å². The second kappa shape index (κ2) is 12.2. The van der Waals surface area contributed by atoms with Crippen molar-refractivity contribution in [3.63, 3.8) is 0 Å². The number of methoxy groups -OCH3 is 1. The van der Waals surface area contributed by atoms with Crippen molar-refractivity contribution >= 4 is 33.4 Å². The number of nitrogens with zero attached hydrogens (tertiary/aromatic N) is 6. The summed E-state index contributed by atoms with van der Waals surface area (Å²) in [5, 5.41) is 1.43. The van der Waals surface area contributed by atoms with Gasteiger partial charge >= 0.3 is 6.01 Å². The lowest BCUT2D eigenvalue weighted by Crippen LogP contribution is -2.72. The van der Waals surface area contributed by atoms with E-state index in [4.69, 9.17) is 20.6 Å². The van der Waals surface area contributed by atoms with E-state index in [1.54, 1.807) is 30.3 Å². The molecule has 4 aromatic rings. The van der Waals surface area contributed by atoms with Gasteiger partial charge in [-0.1, -0.05) is 36.3 Å². The first-order valence-corrected chi connectivity index (χ1v) is 15.1. The summed E-state index contributed by atoms with van der Waals surface area (Å²) >= 11 is 0. The van der Waals surface area contributed by atoms with E-state index < -0.39 is 17.2 Å². The average Bonchev–Trinajstić information content (AvgIpc) is 3.07. The molecule has 0 radical (unpaired) electrons. The fraction of sp³-hybridized carbons (Fsp3) is 0.353. The summed E-state index contributed by atoms with van der Waals surface area (Å²) in [6.45, 7) is 5.79. The first-order valence-electron chi connectivity index (χ1n) is 15.1. The number of amides is 1. The summed E-state index contributed by atoms with van der Waals surface area (Å²) in [5.41, 5.74) is -0.191. The minimum absolute atomic E-state index is 0.00553. The van der Waals surface area contributed by atoms with E-state index >= 15 is 4.39 Å². The van der Waals surface area contributed by atoms with Gasteiger partial charge in [0, 0.05) is 62.5 Å². The first kappa shape index (κ1) is 30.0. The summed E-state index contributed by atoms with van der Waals surface area (Å²) in [6.07, 6.45) is 10.7. The number of rotatable bonds is 6. The highest BCUT2D eigenvalue weighted by Gasteiger charge is 2.50. The maximum absolute atomic E-state index is 16.5. The number of ether oxygens (including phenoxy) is 3. The van der Waals surface area contributed by atoms with Crippen LogP contribution in [0.1, 0.15) is 5.56 Å². The van der Waals surface area contributed by atoms with Crippen molar-refractivity contribution in [1.29, 1.82) is 0 Å². The van der Waals surface area contributed by atoms with E-state index in [1.807, 2.05) is 15.9 Å². The van der Waals surface area contributed by atoms with Crippen molar-refractivity contribution in [2.24, 2.45) is 0 Å². The third-order valence-electron chi connectivity index (χ3n) is 8.91. The van der Waals surface area contributed by atoms with Gasteiger partial charge in [-0.2, -0.15) is 9.97 Å². The molecule has 3 saturated heterocycles. The van der Waals surface area contributed by atoms with Gasteiger partial charge in [0.25, 0.3) is 0 Å². The molecule has 0 atom stereocenters. The highest BCUT2D eigenvalue weighted by molar-refractivity contribution is 6.02. The molecule has 3 aliphatic heterocycles. The number of hydrogen-bond acceptors (Lipinski definition) is 9. The molecule has 10 nitrogen and oxygen atoms in total. The molecule has 0 bridgehead atoms. The van der Waals surface area contributed by atoms with E-state index in [9.17, 15) is 9.18 Å². The third kappa shape index (κ3) is 5.20. The zero-order valence-corrected chi connectivity index (χ0v) is 25.3. The molecular weight excluding hydrogens is 594 g/mol. The number of carbonyl (C=O) groups is 1. The van der Waals surface area contributed by atoms with Crippen LogP contribution in [-0.4, -0.2) is 109 Å². The number of halogens is 2. The predicted molar refractivity (Wildman–Crippen MR) is 169 cm³/mol. The molecule has 5 heterocycles. The van der Waals surface area contributed by atoms with Crippen molar-refractivity contribution in [1.82, 2.24) is 24.8 Å². The molecule has 0 unspecified atom stereocenters. The Balaban J connectivity index is 1.22. The maximum Gasteiger partial charge on any atom is 0.318 e. The van der Waals surface area contributed by atoms with Crippen molar-refractivity contribution in [3.05, 3.63) is 65.9 Å². The number of benzene rings is 2. The minimum Gasteiger partial charge on any atom is -0.467 e. The summed E-state index contributed by atoms with van der Waals surface area (Å²) in [5.74, 6) is 1.49. The summed E-state index contributed by atoms with van der Waals surface area (Å²) < 4.78 is 47.6. The molecule has 3 aliphatic rings. The smallest absolute Gasteiger partial charge is 0.318 e. The second-order valence-electron chi connectivity index (χ2n) is 11.6. The highest BCUT2D eigenvalue weighted by atomic mass is 19.1. The van der Waals surface area contributed by atoms with Gasteiger partial charge in [-0.3, -0.25) is 14.7 Å². The van der Waals surface area contributed by atoms with Gasteiger partial charge in [0.1, 0.15) is 28.4 Å². The molecule has 12 heteroatoms. The number of carbonyl (C=O) groups excluding carboxylic acids is 1. The van der Waals surface area contributed by atoms with Crippen LogP contribution < -0.4 is 9.64 Å². The van der Waals surface area contributed by atoms with Crippen LogP contribution in [0.5, 0.6) is 6.01 Å². The lowest BCUT2D eigenvalue weighted by Gasteiger charge is -2.55. The molecule has 46 heavy (non-hydrogen) atoms. The van der Waals surface area contributed by atoms with Crippen LogP contribution in [-0.2, 0) is 14.3 Å². The molecule has 0 N–H and O–H groups in total. The summed E-state index contributed by atoms with van der Waals surface area (Å²) in [7, 11) is 1.42. The van der Waals surface area contributed by atoms with Gasteiger partial charge < -0.3 is 24.0 Å². The Morgan fingerprint density at radius 1 is 1.11 bits per heavy atom. The number of morpholine rings is 1. The quantitative estimate of drug-likeness (QED) is 0.236. The number of hydrogen-bond donors (Lipinski definition) is 0. The zero-order chi connectivity index (χ0) is 31.8. The number of piperazine rings is 1. The molecular formula is C34H32F2N6O4. The number of aromatic nitrogens is 3. The van der Waals surface area contributed by atoms with E-state index in [2.05, 4.69) is 25.8 Å². The van der Waals surface area contributed by atoms with Crippen LogP contribution in [0.15, 0.2) is 48.7 Å². The molecule has 2 aromatic carbocycles. The van der Waals surface area contributed by atoms with Gasteiger partial charge in [0.05, 0.1) is 44.5 Å². The van der Waals surface area contributed by atoms with Crippen LogP contribution in [0.4, 0.5) is 14.6 Å². The lowest BCUT2D eigenvalue weighted by atomic mass is 9.91. The molecule has 1 spiro atoms. The third-order valence-corrected chi connectivity index (χ3v) is 8.91. The van der Waals surface area contributed by atoms with Crippen molar-refractivity contribution in [2.45, 2.75) is 5.54 Å². The Morgan fingerprint density at radius 2 is 1.93 bits per heavy atom. The molecule has 236 valence electrons. The molecule has 3 fully saturated rings. The normalized spacial score (nSPS) is 18.3. The van der Waals surface area contributed by atoms with Gasteiger partial charge in [0.15, 0.2) is 5.82 Å². The van der Waals surface area contributed by atoms with Crippen LogP contribution >= 0.6 is 0 Å². The lowest BCUT2D eigenvalue weighted by molar-refractivity contribution is -0.164. The van der Waals surface area contributed by atoms with E-state index in [1.165, 1.54) is 19.4 Å². The second-order valence-corrected chi connectivity index (χ2v) is 11.6. The number of terminal acetylenes is 1. The largest absolute Gasteiger partial charge is 0.467 e. The predicted octanol–water partition coefficient (Wildman–Crippen LogP) is 3.42. The number of pyridine rings is 1. The fourth-order valence-electron chi connectivity index (χ4n) is 6.50. The van der Waals surface area contributed by atoms with Crippen LogP contribution in [0.3, 0.4) is 0 Å². The van der Waals surface area contributed by atoms with Gasteiger partial charge in [-0.25, -0.2) is 8.78 Å². The minimum atomic E-state index is -0.708. The van der Waals surface area contributed by atoms with Gasteiger partial charge in [0.2, 0.25) is 5.91 Å². The molecule has 0 saturated carbocycles. The van der Waals surface area contributed by atoms with Crippen LogP contribution in [0, 0.1) is 24.0 Å². The van der Waals surface area contributed by atoms with Crippen LogP contribution in [0.25, 0.3) is 32.9 Å². The Hall–Kier alpha value is -4.70. The van der Waals surface area contributed by atoms with Gasteiger partial charge in [-0.15, -0.1) is 6.42 Å². The fourth-order valence-corrected chi connectivity index (χ4v) is 6.50. The Kier molecular flexibility index (Phi) is 7.98. The summed E-state index contributed by atoms with van der Waals surface area (Å²) in [4.78, 5) is 32.9. The van der Waals surface area contributed by atoms with Crippen molar-refractivity contribution in [2.75, 3.05) is 77.7 Å². The Bertz CT molecular complexity index is 1900. The van der Waals surface area contributed by atoms with E-state index in [-0.39, 0.29) is 28.7 Å². The molecule has 7 rings (SSSR count). The SMILES string of the molecule is C#Cc1c(F)ccc2cccc(-c3ncc4c(N5CCN(C(=O)/C=C/CN6CCOCC6)C6(COC6)C5)nc(OC)nc4c3F)c12. The average molecular weight is 627 g/mol. The first-order chi connectivity index (χ1) is 22.4. The Labute approximate surface area is 264 Å². The zero-order valence-electron chi connectivity index (χ0n) is 25.3. The van der Waals surface area contributed by atoms with Crippen LogP contribution in [0.2, 0.25) is 0 Å². The van der Waals surface area contributed by atoms with Crippen molar-refractivity contribution in [3.8, 4) is 29.6 Å². The standard InChI is InChI=1S/C34H32F2N6O4/c1-3-23-26(35)10-9-22-6-4-7-24(28(22)23)30-29(36)31-25(18-37-30)32(39-33(38-31)44-2)41-12-13-42(34(19-41)20-46-21-34)27(43)8-5-11-40-14-16-45-17-15-40/h1,4-10,18H,11-17,19-21H2,2H3/b8-5+. The maximum atomic E-state index is 16.5. The van der Waals surface area contributed by atoms with Crippen molar-refractivity contribution < 1.29 is 27.8 Å². The Morgan fingerprint density at radius 3 is 2.67 bits per heavy atom. The number of fused-ring (bicyclic) bond motifs is 2. The molecule has 0 aliphatic carbocycles. The monoisotopic (exact) mass is 626 g/mol. The van der Waals surface area contributed by atoms with E-state index in [0.717, 1.165) is 13.1 Å².